The van der Waals surface area contributed by atoms with Crippen molar-refractivity contribution in [2.45, 2.75) is 65.1 Å². The summed E-state index contributed by atoms with van der Waals surface area (Å²) in [5.41, 5.74) is 1.66. The maximum atomic E-state index is 11.6. The van der Waals surface area contributed by atoms with Gasteiger partial charge < -0.3 is 14.2 Å². The summed E-state index contributed by atoms with van der Waals surface area (Å²) in [5, 5.41) is 0.171. The topological polar surface area (TPSA) is 61.8 Å². The van der Waals surface area contributed by atoms with Crippen LogP contribution in [0, 0.1) is 0 Å². The van der Waals surface area contributed by atoms with Gasteiger partial charge in [-0.3, -0.25) is 4.79 Å². The number of ether oxygens (including phenoxy) is 3. The van der Waals surface area contributed by atoms with Gasteiger partial charge in [-0.15, -0.1) is 0 Å². The molecule has 0 N–H and O–H groups in total. The summed E-state index contributed by atoms with van der Waals surface area (Å²) in [4.78, 5) is 22.8. The third kappa shape index (κ3) is 10.4. The summed E-state index contributed by atoms with van der Waals surface area (Å²) in [6.45, 7) is 7.80. The van der Waals surface area contributed by atoms with Crippen molar-refractivity contribution in [1.29, 1.82) is 0 Å². The molecule has 0 spiro atoms. The highest BCUT2D eigenvalue weighted by Crippen LogP contribution is 2.24. The first-order chi connectivity index (χ1) is 11.7. The van der Waals surface area contributed by atoms with Gasteiger partial charge in [0.1, 0.15) is 11.4 Å². The van der Waals surface area contributed by atoms with Crippen LogP contribution >= 0.6 is 15.9 Å². The van der Waals surface area contributed by atoms with Crippen molar-refractivity contribution in [1.82, 2.24) is 0 Å². The van der Waals surface area contributed by atoms with Gasteiger partial charge in [0.2, 0.25) is 0 Å². The fourth-order valence-corrected chi connectivity index (χ4v) is 2.34. The van der Waals surface area contributed by atoms with Crippen molar-refractivity contribution in [3.05, 3.63) is 23.3 Å². The van der Waals surface area contributed by atoms with Crippen molar-refractivity contribution >= 4 is 27.9 Å². The number of carbonyl (C=O) groups excluding carboxylic acids is 2. The van der Waals surface area contributed by atoms with E-state index in [1.807, 2.05) is 20.8 Å². The molecule has 0 aromatic heterocycles. The number of hydrogen-bond acceptors (Lipinski definition) is 5. The molecule has 1 atom stereocenters. The van der Waals surface area contributed by atoms with E-state index < -0.39 is 5.60 Å². The van der Waals surface area contributed by atoms with Crippen LogP contribution in [0.25, 0.3) is 0 Å². The first kappa shape index (κ1) is 23.9. The quantitative estimate of drug-likeness (QED) is 0.216. The molecule has 0 aliphatic carbocycles. The second-order valence-corrected chi connectivity index (χ2v) is 7.12. The van der Waals surface area contributed by atoms with Gasteiger partial charge in [-0.2, -0.15) is 0 Å². The number of methoxy groups -OCH3 is 2. The molecule has 5 nitrogen and oxygen atoms in total. The molecule has 0 aromatic carbocycles. The minimum absolute atomic E-state index is 0.171. The Morgan fingerprint density at radius 3 is 2.28 bits per heavy atom. The molecule has 0 fully saturated rings. The SMILES string of the molecule is COC(=O)/C=C(\C)CC/C=C(\C)CCC(OC(=O)CBr)C(C)(C)OC. The Labute approximate surface area is 159 Å². The number of halogens is 1. The summed E-state index contributed by atoms with van der Waals surface area (Å²) < 4.78 is 15.6. The van der Waals surface area contributed by atoms with Crippen LogP contribution in [0.1, 0.15) is 53.4 Å². The zero-order valence-corrected chi connectivity index (χ0v) is 17.8. The summed E-state index contributed by atoms with van der Waals surface area (Å²) >= 11 is 3.12. The first-order valence-electron chi connectivity index (χ1n) is 8.37. The lowest BCUT2D eigenvalue weighted by Crippen LogP contribution is -2.41. The minimum atomic E-state index is -0.544. The molecule has 0 saturated heterocycles. The Morgan fingerprint density at radius 2 is 1.76 bits per heavy atom. The zero-order chi connectivity index (χ0) is 19.5. The lowest BCUT2D eigenvalue weighted by molar-refractivity contribution is -0.162. The van der Waals surface area contributed by atoms with Gasteiger partial charge in [-0.1, -0.05) is 33.2 Å². The molecule has 1 unspecified atom stereocenters. The lowest BCUT2D eigenvalue weighted by Gasteiger charge is -2.32. The third-order valence-electron chi connectivity index (χ3n) is 4.08. The average Bonchev–Trinajstić information content (AvgIpc) is 2.57. The molecular formula is C19H31BrO5. The molecule has 0 amide bonds. The summed E-state index contributed by atoms with van der Waals surface area (Å²) in [7, 11) is 2.99. The Hall–Kier alpha value is -1.14. The Morgan fingerprint density at radius 1 is 1.12 bits per heavy atom. The molecule has 0 aliphatic rings. The van der Waals surface area contributed by atoms with Crippen molar-refractivity contribution < 1.29 is 23.8 Å². The van der Waals surface area contributed by atoms with E-state index in [2.05, 4.69) is 33.7 Å². The monoisotopic (exact) mass is 418 g/mol. The van der Waals surface area contributed by atoms with E-state index in [1.165, 1.54) is 18.8 Å². The highest BCUT2D eigenvalue weighted by molar-refractivity contribution is 9.09. The molecule has 0 aromatic rings. The number of rotatable bonds is 11. The van der Waals surface area contributed by atoms with E-state index in [1.54, 1.807) is 7.11 Å². The Kier molecular flexibility index (Phi) is 11.7. The third-order valence-corrected chi connectivity index (χ3v) is 4.54. The number of carbonyl (C=O) groups is 2. The van der Waals surface area contributed by atoms with Crippen LogP contribution in [-0.2, 0) is 23.8 Å². The van der Waals surface area contributed by atoms with Crippen LogP contribution in [0.5, 0.6) is 0 Å². The van der Waals surface area contributed by atoms with Crippen LogP contribution < -0.4 is 0 Å². The largest absolute Gasteiger partial charge is 0.466 e. The molecule has 6 heteroatoms. The second kappa shape index (κ2) is 12.3. The van der Waals surface area contributed by atoms with Crippen LogP contribution in [0.3, 0.4) is 0 Å². The van der Waals surface area contributed by atoms with Crippen LogP contribution in [0.2, 0.25) is 0 Å². The molecule has 0 heterocycles. The molecule has 144 valence electrons. The van der Waals surface area contributed by atoms with E-state index in [4.69, 9.17) is 9.47 Å². The van der Waals surface area contributed by atoms with Crippen LogP contribution in [0.15, 0.2) is 23.3 Å². The summed E-state index contributed by atoms with van der Waals surface area (Å²) in [6, 6.07) is 0. The predicted octanol–water partition coefficient (Wildman–Crippen LogP) is 4.34. The molecule has 0 radical (unpaired) electrons. The molecule has 0 saturated carbocycles. The van der Waals surface area contributed by atoms with E-state index in [-0.39, 0.29) is 23.4 Å². The number of esters is 2. The maximum Gasteiger partial charge on any atom is 0.330 e. The standard InChI is InChI=1S/C19H31BrO5/c1-14(8-7-9-15(2)12-17(21)23-5)10-11-16(19(3,4)24-6)25-18(22)13-20/h8,12,16H,7,9-11,13H2,1-6H3/b14-8+,15-12+. The summed E-state index contributed by atoms with van der Waals surface area (Å²) in [5.74, 6) is -0.614. The summed E-state index contributed by atoms with van der Waals surface area (Å²) in [6.07, 6.45) is 6.51. The number of hydrogen-bond donors (Lipinski definition) is 0. The molecule has 0 aliphatic heterocycles. The van der Waals surface area contributed by atoms with Gasteiger partial charge in [0.15, 0.2) is 0 Å². The Bertz CT molecular complexity index is 494. The van der Waals surface area contributed by atoms with Gasteiger partial charge in [0.25, 0.3) is 0 Å². The normalized spacial score (nSPS) is 14.2. The van der Waals surface area contributed by atoms with Crippen LogP contribution in [-0.4, -0.2) is 43.2 Å². The molecular weight excluding hydrogens is 388 g/mol. The average molecular weight is 419 g/mol. The highest BCUT2D eigenvalue weighted by atomic mass is 79.9. The zero-order valence-electron chi connectivity index (χ0n) is 16.2. The first-order valence-corrected chi connectivity index (χ1v) is 9.49. The smallest absolute Gasteiger partial charge is 0.330 e. The van der Waals surface area contributed by atoms with Gasteiger partial charge in [0, 0.05) is 13.2 Å². The lowest BCUT2D eigenvalue weighted by atomic mass is 9.94. The van der Waals surface area contributed by atoms with Gasteiger partial charge in [0.05, 0.1) is 12.7 Å². The fraction of sp³-hybridized carbons (Fsp3) is 0.684. The van der Waals surface area contributed by atoms with Crippen molar-refractivity contribution in [3.63, 3.8) is 0 Å². The number of allylic oxidation sites excluding steroid dienone is 3. The van der Waals surface area contributed by atoms with Crippen molar-refractivity contribution in [3.8, 4) is 0 Å². The molecule has 0 rings (SSSR count). The van der Waals surface area contributed by atoms with E-state index in [9.17, 15) is 9.59 Å². The van der Waals surface area contributed by atoms with Crippen molar-refractivity contribution in [2.24, 2.45) is 0 Å². The predicted molar refractivity (Wildman–Crippen MR) is 103 cm³/mol. The molecule has 25 heavy (non-hydrogen) atoms. The second-order valence-electron chi connectivity index (χ2n) is 6.56. The fourth-order valence-electron chi connectivity index (χ4n) is 2.21. The van der Waals surface area contributed by atoms with Gasteiger partial charge >= 0.3 is 11.9 Å². The van der Waals surface area contributed by atoms with E-state index in [0.717, 1.165) is 24.8 Å². The van der Waals surface area contributed by atoms with Gasteiger partial charge in [-0.05, 0) is 53.4 Å². The van der Waals surface area contributed by atoms with E-state index >= 15 is 0 Å². The van der Waals surface area contributed by atoms with Gasteiger partial charge in [-0.25, -0.2) is 4.79 Å². The number of alkyl halides is 1. The van der Waals surface area contributed by atoms with Crippen LogP contribution in [0.4, 0.5) is 0 Å². The van der Waals surface area contributed by atoms with Crippen molar-refractivity contribution in [2.75, 3.05) is 19.5 Å². The maximum absolute atomic E-state index is 11.6. The molecule has 0 bridgehead atoms. The van der Waals surface area contributed by atoms with E-state index in [0.29, 0.717) is 6.42 Å². The minimum Gasteiger partial charge on any atom is -0.466 e. The highest BCUT2D eigenvalue weighted by Gasteiger charge is 2.32. The Balaban J connectivity index is 4.59.